The van der Waals surface area contributed by atoms with Crippen LogP contribution in [-0.2, 0) is 17.8 Å². The van der Waals surface area contributed by atoms with Gasteiger partial charge in [0.1, 0.15) is 0 Å². The summed E-state index contributed by atoms with van der Waals surface area (Å²) in [5, 5.41) is 27.7. The van der Waals surface area contributed by atoms with Crippen molar-refractivity contribution < 1.29 is 14.6 Å². The number of ether oxygens (including phenoxy) is 1. The molecule has 0 bridgehead atoms. The van der Waals surface area contributed by atoms with Gasteiger partial charge in [-0.2, -0.15) is 5.21 Å². The van der Waals surface area contributed by atoms with E-state index in [4.69, 9.17) is 4.74 Å². The van der Waals surface area contributed by atoms with Crippen LogP contribution in [0.4, 0.5) is 0 Å². The summed E-state index contributed by atoms with van der Waals surface area (Å²) in [7, 11) is 0. The number of hydrogen-bond acceptors (Lipinski definition) is 7. The highest BCUT2D eigenvalue weighted by Gasteiger charge is 2.19. The molecule has 0 amide bonds. The first-order chi connectivity index (χ1) is 16.0. The lowest BCUT2D eigenvalue weighted by atomic mass is 9.98. The number of tetrazole rings is 1. The summed E-state index contributed by atoms with van der Waals surface area (Å²) in [4.78, 5) is 24.1. The Kier molecular flexibility index (Phi) is 6.59. The number of rotatable bonds is 8. The highest BCUT2D eigenvalue weighted by Crippen LogP contribution is 2.30. The second-order valence-electron chi connectivity index (χ2n) is 7.04. The van der Waals surface area contributed by atoms with E-state index in [9.17, 15) is 14.7 Å². The summed E-state index contributed by atoms with van der Waals surface area (Å²) in [5.41, 5.74) is 3.13. The first kappa shape index (κ1) is 22.3. The van der Waals surface area contributed by atoms with Gasteiger partial charge in [-0.25, -0.2) is 4.68 Å². The lowest BCUT2D eigenvalue weighted by Gasteiger charge is -2.13. The van der Waals surface area contributed by atoms with Crippen LogP contribution in [0, 0.1) is 0 Å². The molecule has 4 rings (SSSR count). The van der Waals surface area contributed by atoms with Gasteiger partial charge < -0.3 is 9.84 Å². The normalized spacial score (nSPS) is 10.8. The van der Waals surface area contributed by atoms with E-state index in [-0.39, 0.29) is 22.5 Å². The fourth-order valence-electron chi connectivity index (χ4n) is 3.39. The van der Waals surface area contributed by atoms with Gasteiger partial charge in [-0.15, -0.1) is 15.3 Å². The van der Waals surface area contributed by atoms with Gasteiger partial charge >= 0.3 is 5.97 Å². The number of H-pyrrole nitrogens is 1. The Bertz CT molecular complexity index is 1340. The van der Waals surface area contributed by atoms with Crippen LogP contribution >= 0.6 is 15.9 Å². The van der Waals surface area contributed by atoms with Crippen LogP contribution in [0.1, 0.15) is 18.1 Å². The predicted octanol–water partition coefficient (Wildman–Crippen LogP) is 2.93. The standard InChI is InChI=1S/C22H19BrN6O4/c1-2-33-21-19(23)17(11-18(30)31)22(32)29(26-21)12-13-7-9-14(10-8-13)15-5-3-4-6-16(15)20-24-27-28-25-20/h3-10H,2,11-12H2,1H3,(H,30,31)(H,24,25,27,28). The Hall–Kier alpha value is -3.86. The van der Waals surface area contributed by atoms with Gasteiger partial charge in [0.25, 0.3) is 5.56 Å². The molecule has 168 valence electrons. The molecule has 0 aliphatic carbocycles. The van der Waals surface area contributed by atoms with Crippen molar-refractivity contribution in [1.82, 2.24) is 30.4 Å². The molecule has 0 saturated carbocycles. The van der Waals surface area contributed by atoms with Crippen LogP contribution in [0.5, 0.6) is 5.88 Å². The zero-order chi connectivity index (χ0) is 23.4. The topological polar surface area (TPSA) is 136 Å². The Morgan fingerprint density at radius 1 is 1.15 bits per heavy atom. The van der Waals surface area contributed by atoms with E-state index in [1.807, 2.05) is 48.5 Å². The molecule has 0 fully saturated rings. The number of carboxylic acids is 1. The molecule has 4 aromatic rings. The van der Waals surface area contributed by atoms with E-state index in [0.29, 0.717) is 12.4 Å². The number of nitrogens with one attached hydrogen (secondary N) is 1. The number of halogens is 1. The number of hydrogen-bond donors (Lipinski definition) is 2. The van der Waals surface area contributed by atoms with Crippen molar-refractivity contribution in [3.05, 3.63) is 74.5 Å². The molecule has 2 heterocycles. The zero-order valence-electron chi connectivity index (χ0n) is 17.5. The molecule has 2 aromatic heterocycles. The van der Waals surface area contributed by atoms with Gasteiger partial charge in [-0.1, -0.05) is 48.5 Å². The molecule has 11 heteroatoms. The number of carbonyl (C=O) groups is 1. The number of nitrogens with zero attached hydrogens (tertiary/aromatic N) is 5. The SMILES string of the molecule is CCOc1nn(Cc2ccc(-c3ccccc3-c3nn[nH]n3)cc2)c(=O)c(CC(=O)O)c1Br. The van der Waals surface area contributed by atoms with Crippen molar-refractivity contribution in [1.29, 1.82) is 0 Å². The molecule has 0 radical (unpaired) electrons. The molecule has 0 spiro atoms. The van der Waals surface area contributed by atoms with Crippen molar-refractivity contribution in [2.45, 2.75) is 19.9 Å². The molecule has 0 aliphatic heterocycles. The Morgan fingerprint density at radius 2 is 1.88 bits per heavy atom. The van der Waals surface area contributed by atoms with Crippen LogP contribution in [0.15, 0.2) is 57.8 Å². The largest absolute Gasteiger partial charge is 0.481 e. The number of aromatic amines is 1. The van der Waals surface area contributed by atoms with E-state index in [1.165, 1.54) is 4.68 Å². The Morgan fingerprint density at radius 3 is 2.52 bits per heavy atom. The minimum Gasteiger partial charge on any atom is -0.481 e. The first-order valence-corrected chi connectivity index (χ1v) is 10.8. The van der Waals surface area contributed by atoms with Gasteiger partial charge in [0.15, 0.2) is 0 Å². The van der Waals surface area contributed by atoms with E-state index in [1.54, 1.807) is 6.92 Å². The molecule has 0 aliphatic rings. The maximum Gasteiger partial charge on any atom is 0.308 e. The highest BCUT2D eigenvalue weighted by atomic mass is 79.9. The highest BCUT2D eigenvalue weighted by molar-refractivity contribution is 9.10. The van der Waals surface area contributed by atoms with Crippen LogP contribution in [0.25, 0.3) is 22.5 Å². The minimum atomic E-state index is -1.11. The Balaban J connectivity index is 1.66. The molecular formula is C22H19BrN6O4. The lowest BCUT2D eigenvalue weighted by Crippen LogP contribution is -2.29. The molecule has 2 N–H and O–H groups in total. The molecule has 10 nitrogen and oxygen atoms in total. The quantitative estimate of drug-likeness (QED) is 0.369. The summed E-state index contributed by atoms with van der Waals surface area (Å²) in [6.07, 6.45) is -0.437. The van der Waals surface area contributed by atoms with Crippen LogP contribution in [0.2, 0.25) is 0 Å². The van der Waals surface area contributed by atoms with Gasteiger partial charge in [-0.05, 0) is 44.8 Å². The predicted molar refractivity (Wildman–Crippen MR) is 123 cm³/mol. The molecular weight excluding hydrogens is 492 g/mol. The van der Waals surface area contributed by atoms with Crippen LogP contribution in [-0.4, -0.2) is 48.1 Å². The van der Waals surface area contributed by atoms with E-state index in [2.05, 4.69) is 41.7 Å². The van der Waals surface area contributed by atoms with Crippen LogP contribution in [0.3, 0.4) is 0 Å². The Labute approximate surface area is 196 Å². The lowest BCUT2D eigenvalue weighted by molar-refractivity contribution is -0.136. The number of aromatic nitrogens is 6. The summed E-state index contributed by atoms with van der Waals surface area (Å²) >= 11 is 3.26. The molecule has 33 heavy (non-hydrogen) atoms. The first-order valence-electron chi connectivity index (χ1n) is 10.0. The average molecular weight is 511 g/mol. The van der Waals surface area contributed by atoms with Gasteiger partial charge in [0.2, 0.25) is 11.7 Å². The second-order valence-corrected chi connectivity index (χ2v) is 7.83. The van der Waals surface area contributed by atoms with E-state index < -0.39 is 17.9 Å². The van der Waals surface area contributed by atoms with Crippen molar-refractivity contribution in [3.63, 3.8) is 0 Å². The molecule has 0 saturated heterocycles. The molecule has 0 atom stereocenters. The van der Waals surface area contributed by atoms with Crippen molar-refractivity contribution in [2.24, 2.45) is 0 Å². The van der Waals surface area contributed by atoms with Crippen molar-refractivity contribution in [2.75, 3.05) is 6.61 Å². The van der Waals surface area contributed by atoms with Gasteiger partial charge in [0.05, 0.1) is 24.0 Å². The molecule has 2 aromatic carbocycles. The van der Waals surface area contributed by atoms with Crippen molar-refractivity contribution in [3.8, 4) is 28.4 Å². The summed E-state index contributed by atoms with van der Waals surface area (Å²) in [6, 6.07) is 15.3. The minimum absolute atomic E-state index is 0.0895. The maximum absolute atomic E-state index is 12.9. The van der Waals surface area contributed by atoms with Gasteiger partial charge in [-0.3, -0.25) is 9.59 Å². The summed E-state index contributed by atoms with van der Waals surface area (Å²) in [6.45, 7) is 2.27. The third-order valence-electron chi connectivity index (χ3n) is 4.88. The monoisotopic (exact) mass is 510 g/mol. The fraction of sp³-hybridized carbons (Fsp3) is 0.182. The summed E-state index contributed by atoms with van der Waals surface area (Å²) in [5.74, 6) is -0.439. The molecule has 0 unspecified atom stereocenters. The fourth-order valence-corrected chi connectivity index (χ4v) is 3.89. The van der Waals surface area contributed by atoms with Crippen molar-refractivity contribution >= 4 is 21.9 Å². The number of benzene rings is 2. The average Bonchev–Trinajstić information content (AvgIpc) is 3.35. The smallest absolute Gasteiger partial charge is 0.308 e. The van der Waals surface area contributed by atoms with Gasteiger partial charge in [0, 0.05) is 11.1 Å². The maximum atomic E-state index is 12.9. The number of aliphatic carboxylic acids is 1. The second kappa shape index (κ2) is 9.74. The van der Waals surface area contributed by atoms with Crippen LogP contribution < -0.4 is 10.3 Å². The number of carboxylic acid groups (broad SMARTS) is 1. The third-order valence-corrected chi connectivity index (χ3v) is 5.69. The third kappa shape index (κ3) is 4.82. The van der Waals surface area contributed by atoms with E-state index >= 15 is 0 Å². The summed E-state index contributed by atoms with van der Waals surface area (Å²) < 4.78 is 6.97. The van der Waals surface area contributed by atoms with E-state index in [0.717, 1.165) is 22.3 Å². The zero-order valence-corrected chi connectivity index (χ0v) is 19.1.